The van der Waals surface area contributed by atoms with Crippen molar-refractivity contribution >= 4 is 0 Å². The molecule has 0 heterocycles. The normalized spacial score (nSPS) is 30.5. The maximum Gasteiger partial charge on any atom is 0.207 e. The fraction of sp³-hybridized carbons (Fsp3) is 0.520. The average Bonchev–Trinajstić information content (AvgIpc) is 3.13. The summed E-state index contributed by atoms with van der Waals surface area (Å²) in [5.41, 5.74) is 0.978. The molecule has 0 saturated heterocycles. The van der Waals surface area contributed by atoms with Gasteiger partial charge in [0.05, 0.1) is 0 Å². The standard InChI is InChI=1S/C25H27F5O/c1-12(2)16-11-15-9-13(3)10-17(15)18(14-7-5-4-6-8-14)24(16)31-25-22(29)20(27)19(26)21(28)23(25)30/h4-8,12-13,15-18,24H,9-11H2,1-3H3. The molecule has 0 N–H and O–H groups in total. The van der Waals surface area contributed by atoms with E-state index in [9.17, 15) is 22.0 Å². The fourth-order valence-electron chi connectivity index (χ4n) is 5.90. The molecule has 6 heteroatoms. The third kappa shape index (κ3) is 3.83. The van der Waals surface area contributed by atoms with Crippen LogP contribution in [0.25, 0.3) is 0 Å². The molecule has 0 aliphatic heterocycles. The lowest BCUT2D eigenvalue weighted by Gasteiger charge is -2.46. The molecule has 6 unspecified atom stereocenters. The number of hydrogen-bond acceptors (Lipinski definition) is 1. The minimum Gasteiger partial charge on any atom is -0.483 e. The first kappa shape index (κ1) is 22.1. The molecule has 0 spiro atoms. The molecule has 0 aromatic heterocycles. The lowest BCUT2D eigenvalue weighted by Crippen LogP contribution is -2.46. The summed E-state index contributed by atoms with van der Waals surface area (Å²) in [6.45, 7) is 6.23. The summed E-state index contributed by atoms with van der Waals surface area (Å²) in [4.78, 5) is 0. The smallest absolute Gasteiger partial charge is 0.207 e. The van der Waals surface area contributed by atoms with Crippen LogP contribution in [0.4, 0.5) is 22.0 Å². The zero-order valence-electron chi connectivity index (χ0n) is 17.8. The van der Waals surface area contributed by atoms with E-state index >= 15 is 0 Å². The van der Waals surface area contributed by atoms with E-state index in [-0.39, 0.29) is 23.7 Å². The largest absolute Gasteiger partial charge is 0.483 e. The molecule has 168 valence electrons. The topological polar surface area (TPSA) is 9.23 Å². The lowest BCUT2D eigenvalue weighted by atomic mass is 9.62. The van der Waals surface area contributed by atoms with E-state index in [0.717, 1.165) is 24.8 Å². The molecule has 1 nitrogen and oxygen atoms in total. The third-order valence-corrected chi connectivity index (χ3v) is 7.26. The Balaban J connectivity index is 1.83. The molecule has 2 aromatic carbocycles. The number of halogens is 5. The lowest BCUT2D eigenvalue weighted by molar-refractivity contribution is -0.00626. The molecule has 0 radical (unpaired) electrons. The summed E-state index contributed by atoms with van der Waals surface area (Å²) >= 11 is 0. The van der Waals surface area contributed by atoms with Crippen LogP contribution in [0.5, 0.6) is 5.75 Å². The highest BCUT2D eigenvalue weighted by Crippen LogP contribution is 2.55. The second kappa shape index (κ2) is 8.44. The molecule has 2 saturated carbocycles. The quantitative estimate of drug-likeness (QED) is 0.277. The molecule has 2 fully saturated rings. The van der Waals surface area contributed by atoms with E-state index in [1.807, 2.05) is 44.2 Å². The summed E-state index contributed by atoms with van der Waals surface area (Å²) in [5.74, 6) is -10.1. The summed E-state index contributed by atoms with van der Waals surface area (Å²) < 4.78 is 76.1. The van der Waals surface area contributed by atoms with Crippen molar-refractivity contribution in [1.82, 2.24) is 0 Å². The Bertz CT molecular complexity index is 916. The van der Waals surface area contributed by atoms with Gasteiger partial charge < -0.3 is 4.74 Å². The number of benzene rings is 2. The van der Waals surface area contributed by atoms with E-state index in [1.165, 1.54) is 0 Å². The van der Waals surface area contributed by atoms with Gasteiger partial charge in [-0.1, -0.05) is 51.1 Å². The van der Waals surface area contributed by atoms with Crippen molar-refractivity contribution in [2.75, 3.05) is 0 Å². The van der Waals surface area contributed by atoms with Gasteiger partial charge in [-0.25, -0.2) is 13.2 Å². The Hall–Kier alpha value is -2.11. The molecular formula is C25H27F5O. The Morgan fingerprint density at radius 2 is 1.39 bits per heavy atom. The van der Waals surface area contributed by atoms with Crippen LogP contribution in [0.15, 0.2) is 30.3 Å². The van der Waals surface area contributed by atoms with Gasteiger partial charge in [0, 0.05) is 5.92 Å². The van der Waals surface area contributed by atoms with Gasteiger partial charge >= 0.3 is 0 Å². The van der Waals surface area contributed by atoms with Crippen LogP contribution in [0.1, 0.15) is 51.5 Å². The number of rotatable bonds is 4. The second-order valence-electron chi connectivity index (χ2n) is 9.56. The maximum atomic E-state index is 14.5. The van der Waals surface area contributed by atoms with Crippen molar-refractivity contribution in [2.24, 2.45) is 29.6 Å². The number of hydrogen-bond donors (Lipinski definition) is 0. The minimum atomic E-state index is -2.17. The number of ether oxygens (including phenoxy) is 1. The zero-order chi connectivity index (χ0) is 22.4. The van der Waals surface area contributed by atoms with Crippen molar-refractivity contribution in [3.8, 4) is 5.75 Å². The van der Waals surface area contributed by atoms with Gasteiger partial charge in [-0.2, -0.15) is 8.78 Å². The molecule has 0 amide bonds. The van der Waals surface area contributed by atoms with Crippen molar-refractivity contribution in [3.63, 3.8) is 0 Å². The molecule has 2 aliphatic carbocycles. The SMILES string of the molecule is CC1CC2CC(C(C)C)C(Oc3c(F)c(F)c(F)c(F)c3F)C(c3ccccc3)C2C1. The van der Waals surface area contributed by atoms with Gasteiger partial charge in [-0.05, 0) is 54.4 Å². The predicted molar refractivity (Wildman–Crippen MR) is 108 cm³/mol. The zero-order valence-corrected chi connectivity index (χ0v) is 17.8. The third-order valence-electron chi connectivity index (χ3n) is 7.26. The van der Waals surface area contributed by atoms with E-state index in [2.05, 4.69) is 6.92 Å². The Labute approximate surface area is 179 Å². The highest BCUT2D eigenvalue weighted by atomic mass is 19.2. The summed E-state index contributed by atoms with van der Waals surface area (Å²) in [5, 5.41) is 0. The van der Waals surface area contributed by atoms with Gasteiger partial charge in [0.25, 0.3) is 0 Å². The fourth-order valence-corrected chi connectivity index (χ4v) is 5.90. The van der Waals surface area contributed by atoms with Crippen molar-refractivity contribution in [3.05, 3.63) is 65.0 Å². The average molecular weight is 438 g/mol. The van der Waals surface area contributed by atoms with Gasteiger partial charge in [0.15, 0.2) is 5.75 Å². The molecule has 2 aromatic rings. The van der Waals surface area contributed by atoms with E-state index in [1.54, 1.807) is 0 Å². The van der Waals surface area contributed by atoms with Crippen LogP contribution >= 0.6 is 0 Å². The van der Waals surface area contributed by atoms with Crippen LogP contribution in [0.2, 0.25) is 0 Å². The molecule has 0 bridgehead atoms. The van der Waals surface area contributed by atoms with Gasteiger partial charge in [-0.3, -0.25) is 0 Å². The van der Waals surface area contributed by atoms with Crippen molar-refractivity contribution in [2.45, 2.75) is 52.1 Å². The highest BCUT2D eigenvalue weighted by molar-refractivity contribution is 5.32. The van der Waals surface area contributed by atoms with Crippen LogP contribution in [0, 0.1) is 58.7 Å². The molecule has 4 rings (SSSR count). The first-order chi connectivity index (χ1) is 14.7. The van der Waals surface area contributed by atoms with Gasteiger partial charge in [0.1, 0.15) is 6.10 Å². The van der Waals surface area contributed by atoms with E-state index in [4.69, 9.17) is 4.74 Å². The summed E-state index contributed by atoms with van der Waals surface area (Å²) in [7, 11) is 0. The summed E-state index contributed by atoms with van der Waals surface area (Å²) in [6.07, 6.45) is 2.15. The predicted octanol–water partition coefficient (Wildman–Crippen LogP) is 7.25. The van der Waals surface area contributed by atoms with Crippen molar-refractivity contribution < 1.29 is 26.7 Å². The van der Waals surface area contributed by atoms with Crippen LogP contribution in [-0.4, -0.2) is 6.10 Å². The highest BCUT2D eigenvalue weighted by Gasteiger charge is 2.51. The first-order valence-corrected chi connectivity index (χ1v) is 10.9. The van der Waals surface area contributed by atoms with E-state index in [0.29, 0.717) is 11.8 Å². The Morgan fingerprint density at radius 3 is 1.97 bits per heavy atom. The maximum absolute atomic E-state index is 14.5. The van der Waals surface area contributed by atoms with Crippen LogP contribution in [-0.2, 0) is 0 Å². The first-order valence-electron chi connectivity index (χ1n) is 10.9. The minimum absolute atomic E-state index is 0.0771. The van der Waals surface area contributed by atoms with Crippen molar-refractivity contribution in [1.29, 1.82) is 0 Å². The Morgan fingerprint density at radius 1 is 0.806 bits per heavy atom. The van der Waals surface area contributed by atoms with Crippen LogP contribution in [0.3, 0.4) is 0 Å². The summed E-state index contributed by atoms with van der Waals surface area (Å²) in [6, 6.07) is 9.61. The monoisotopic (exact) mass is 438 g/mol. The molecule has 31 heavy (non-hydrogen) atoms. The Kier molecular flexibility index (Phi) is 6.01. The molecule has 6 atom stereocenters. The molecular weight excluding hydrogens is 411 g/mol. The van der Waals surface area contributed by atoms with E-state index < -0.39 is 40.9 Å². The van der Waals surface area contributed by atoms with Gasteiger partial charge in [-0.15, -0.1) is 0 Å². The van der Waals surface area contributed by atoms with Crippen LogP contribution < -0.4 is 4.74 Å². The van der Waals surface area contributed by atoms with Gasteiger partial charge in [0.2, 0.25) is 29.1 Å². The number of fused-ring (bicyclic) bond motifs is 1. The molecule has 2 aliphatic rings. The second-order valence-corrected chi connectivity index (χ2v) is 9.56.